The molecule has 3 aromatic rings. The van der Waals surface area contributed by atoms with Gasteiger partial charge in [0, 0.05) is 55.7 Å². The van der Waals surface area contributed by atoms with E-state index in [-0.39, 0.29) is 5.91 Å². The molecule has 148 valence electrons. The van der Waals surface area contributed by atoms with Gasteiger partial charge in [0.1, 0.15) is 5.82 Å². The molecule has 0 N–H and O–H groups in total. The molecular weight excluding hydrogens is 380 g/mol. The maximum Gasteiger partial charge on any atom is 0.237 e. The highest BCUT2D eigenvalue weighted by atomic mass is 32.2. The van der Waals surface area contributed by atoms with Crippen LogP contribution in [0.3, 0.4) is 0 Å². The third-order valence-electron chi connectivity index (χ3n) is 5.77. The Morgan fingerprint density at radius 2 is 1.69 bits per heavy atom. The number of rotatable bonds is 4. The number of carbonyl (C=O) groups excluding carboxylic acids is 1. The molecule has 0 saturated carbocycles. The Kier molecular flexibility index (Phi) is 5.12. The number of piperazine rings is 1. The number of anilines is 2. The summed E-state index contributed by atoms with van der Waals surface area (Å²) in [5.41, 5.74) is 1.06. The first-order valence-corrected chi connectivity index (χ1v) is 11.1. The third-order valence-corrected chi connectivity index (χ3v) is 6.82. The fourth-order valence-corrected chi connectivity index (χ4v) is 5.12. The number of hydrogen-bond acceptors (Lipinski definition) is 5. The van der Waals surface area contributed by atoms with Crippen LogP contribution in [0.4, 0.5) is 11.5 Å². The molecular formula is C23H24N4OS. The van der Waals surface area contributed by atoms with Crippen molar-refractivity contribution < 1.29 is 4.79 Å². The highest BCUT2D eigenvalue weighted by Crippen LogP contribution is 2.34. The molecule has 0 bridgehead atoms. The third kappa shape index (κ3) is 3.70. The van der Waals surface area contributed by atoms with Gasteiger partial charge in [-0.25, -0.2) is 4.98 Å². The van der Waals surface area contributed by atoms with Crippen molar-refractivity contribution in [3.05, 3.63) is 60.8 Å². The summed E-state index contributed by atoms with van der Waals surface area (Å²) in [7, 11) is 0. The number of fused-ring (bicyclic) bond motifs is 2. The smallest absolute Gasteiger partial charge is 0.237 e. The molecule has 3 heterocycles. The van der Waals surface area contributed by atoms with Gasteiger partial charge in [0.05, 0.1) is 11.4 Å². The van der Waals surface area contributed by atoms with Crippen LogP contribution >= 0.6 is 11.8 Å². The Morgan fingerprint density at radius 1 is 0.897 bits per heavy atom. The van der Waals surface area contributed by atoms with Crippen molar-refractivity contribution >= 4 is 39.9 Å². The lowest BCUT2D eigenvalue weighted by molar-refractivity contribution is -0.116. The fourth-order valence-electron chi connectivity index (χ4n) is 4.18. The molecule has 1 fully saturated rings. The number of aromatic nitrogens is 1. The van der Waals surface area contributed by atoms with E-state index in [9.17, 15) is 4.79 Å². The molecule has 5 rings (SSSR count). The molecule has 2 aliphatic heterocycles. The molecule has 2 aromatic carbocycles. The number of nitrogens with zero attached hydrogens (tertiary/aromatic N) is 4. The zero-order valence-electron chi connectivity index (χ0n) is 16.3. The topological polar surface area (TPSA) is 39.7 Å². The van der Waals surface area contributed by atoms with Crippen LogP contribution in [0.1, 0.15) is 0 Å². The van der Waals surface area contributed by atoms with E-state index in [0.29, 0.717) is 5.75 Å². The van der Waals surface area contributed by atoms with Crippen LogP contribution in [-0.4, -0.2) is 60.8 Å². The zero-order valence-corrected chi connectivity index (χ0v) is 17.1. The van der Waals surface area contributed by atoms with E-state index in [4.69, 9.17) is 0 Å². The number of amides is 1. The van der Waals surface area contributed by atoms with Crippen LogP contribution in [0.15, 0.2) is 65.7 Å². The molecule has 2 aliphatic rings. The minimum atomic E-state index is 0.215. The van der Waals surface area contributed by atoms with Gasteiger partial charge < -0.3 is 9.80 Å². The zero-order chi connectivity index (χ0) is 19.6. The first-order valence-electron chi connectivity index (χ1n) is 10.1. The van der Waals surface area contributed by atoms with E-state index in [0.717, 1.165) is 50.8 Å². The average Bonchev–Trinajstić information content (AvgIpc) is 2.78. The SMILES string of the molecule is O=C1CSc2ccccc2N1CCN1CCN(c2nccc3ccccc23)CC1. The molecule has 0 radical (unpaired) electrons. The van der Waals surface area contributed by atoms with E-state index in [1.54, 1.807) is 11.8 Å². The van der Waals surface area contributed by atoms with Crippen molar-refractivity contribution in [1.29, 1.82) is 0 Å². The van der Waals surface area contributed by atoms with Gasteiger partial charge in [0.25, 0.3) is 0 Å². The molecule has 6 heteroatoms. The molecule has 0 unspecified atom stereocenters. The lowest BCUT2D eigenvalue weighted by atomic mass is 10.1. The maximum absolute atomic E-state index is 12.5. The molecule has 0 atom stereocenters. The largest absolute Gasteiger partial charge is 0.354 e. The number of benzene rings is 2. The quantitative estimate of drug-likeness (QED) is 0.666. The van der Waals surface area contributed by atoms with Gasteiger partial charge in [-0.15, -0.1) is 11.8 Å². The van der Waals surface area contributed by atoms with Gasteiger partial charge in [0.2, 0.25) is 5.91 Å². The van der Waals surface area contributed by atoms with Crippen molar-refractivity contribution in [3.8, 4) is 0 Å². The summed E-state index contributed by atoms with van der Waals surface area (Å²) in [6.07, 6.45) is 1.90. The van der Waals surface area contributed by atoms with Crippen LogP contribution in [-0.2, 0) is 4.79 Å². The summed E-state index contributed by atoms with van der Waals surface area (Å²) in [5, 5.41) is 2.46. The Morgan fingerprint density at radius 3 is 2.59 bits per heavy atom. The van der Waals surface area contributed by atoms with Gasteiger partial charge in [-0.05, 0) is 23.6 Å². The van der Waals surface area contributed by atoms with Crippen LogP contribution in [0.2, 0.25) is 0 Å². The fraction of sp³-hybridized carbons (Fsp3) is 0.304. The Balaban J connectivity index is 1.22. The lowest BCUT2D eigenvalue weighted by Crippen LogP contribution is -2.49. The van der Waals surface area contributed by atoms with E-state index in [1.165, 1.54) is 15.7 Å². The monoisotopic (exact) mass is 404 g/mol. The first-order chi connectivity index (χ1) is 14.3. The maximum atomic E-state index is 12.5. The minimum absolute atomic E-state index is 0.215. The normalized spacial score (nSPS) is 17.6. The summed E-state index contributed by atoms with van der Waals surface area (Å²) in [6.45, 7) is 5.56. The second kappa shape index (κ2) is 8.05. The summed E-state index contributed by atoms with van der Waals surface area (Å²) in [4.78, 5) is 25.1. The summed E-state index contributed by atoms with van der Waals surface area (Å²) >= 11 is 1.64. The molecule has 0 aliphatic carbocycles. The van der Waals surface area contributed by atoms with E-state index >= 15 is 0 Å². The van der Waals surface area contributed by atoms with Crippen molar-refractivity contribution in [2.24, 2.45) is 0 Å². The van der Waals surface area contributed by atoms with Crippen LogP contribution in [0, 0.1) is 0 Å². The average molecular weight is 405 g/mol. The number of carbonyl (C=O) groups is 1. The molecule has 1 amide bonds. The van der Waals surface area contributed by atoms with Gasteiger partial charge in [-0.1, -0.05) is 36.4 Å². The molecule has 1 saturated heterocycles. The Labute approximate surface area is 175 Å². The van der Waals surface area contributed by atoms with Gasteiger partial charge in [-0.2, -0.15) is 0 Å². The molecule has 5 nitrogen and oxygen atoms in total. The van der Waals surface area contributed by atoms with Crippen LogP contribution < -0.4 is 9.80 Å². The molecule has 1 aromatic heterocycles. The first kappa shape index (κ1) is 18.5. The van der Waals surface area contributed by atoms with E-state index < -0.39 is 0 Å². The lowest BCUT2D eigenvalue weighted by Gasteiger charge is -2.37. The van der Waals surface area contributed by atoms with Gasteiger partial charge in [0.15, 0.2) is 0 Å². The van der Waals surface area contributed by atoms with E-state index in [2.05, 4.69) is 57.2 Å². The Hall–Kier alpha value is -2.57. The second-order valence-electron chi connectivity index (χ2n) is 7.49. The highest BCUT2D eigenvalue weighted by Gasteiger charge is 2.26. The standard InChI is InChI=1S/C23H24N4OS/c28-22-17-29-21-8-4-3-7-20(21)27(22)16-13-25-11-14-26(15-12-25)23-19-6-2-1-5-18(19)9-10-24-23/h1-10H,11-17H2. The van der Waals surface area contributed by atoms with Crippen LogP contribution in [0.5, 0.6) is 0 Å². The Bertz CT molecular complexity index is 1030. The minimum Gasteiger partial charge on any atom is -0.354 e. The van der Waals surface area contributed by atoms with Gasteiger partial charge >= 0.3 is 0 Å². The van der Waals surface area contributed by atoms with Crippen molar-refractivity contribution in [2.75, 3.05) is 54.8 Å². The summed E-state index contributed by atoms with van der Waals surface area (Å²) in [5.74, 6) is 1.84. The van der Waals surface area contributed by atoms with Crippen LogP contribution in [0.25, 0.3) is 10.8 Å². The highest BCUT2D eigenvalue weighted by molar-refractivity contribution is 8.00. The molecule has 0 spiro atoms. The van der Waals surface area contributed by atoms with Crippen molar-refractivity contribution in [3.63, 3.8) is 0 Å². The summed E-state index contributed by atoms with van der Waals surface area (Å²) < 4.78 is 0. The number of thioether (sulfide) groups is 1. The van der Waals surface area contributed by atoms with E-state index in [1.807, 2.05) is 23.2 Å². The predicted molar refractivity (Wildman–Crippen MR) is 120 cm³/mol. The number of para-hydroxylation sites is 1. The number of hydrogen-bond donors (Lipinski definition) is 0. The van der Waals surface area contributed by atoms with Gasteiger partial charge in [-0.3, -0.25) is 9.69 Å². The molecule has 29 heavy (non-hydrogen) atoms. The van der Waals surface area contributed by atoms with Crippen molar-refractivity contribution in [2.45, 2.75) is 4.90 Å². The van der Waals surface area contributed by atoms with Crippen molar-refractivity contribution in [1.82, 2.24) is 9.88 Å². The summed E-state index contributed by atoms with van der Waals surface area (Å²) in [6, 6.07) is 18.7. The second-order valence-corrected chi connectivity index (χ2v) is 8.50. The number of pyridine rings is 1. The predicted octanol–water partition coefficient (Wildman–Crippen LogP) is 3.50.